The van der Waals surface area contributed by atoms with Crippen LogP contribution in [0.5, 0.6) is 17.2 Å². The molecule has 0 saturated heterocycles. The second-order valence-electron chi connectivity index (χ2n) is 7.59. The van der Waals surface area contributed by atoms with E-state index in [-0.39, 0.29) is 0 Å². The number of benzene rings is 3. The molecule has 0 bridgehead atoms. The number of nitrogens with one attached hydrogen (secondary N) is 1. The Kier molecular flexibility index (Phi) is 8.61. The van der Waals surface area contributed by atoms with Gasteiger partial charge in [-0.1, -0.05) is 35.9 Å². The van der Waals surface area contributed by atoms with Crippen LogP contribution in [0.25, 0.3) is 0 Å². The predicted octanol–water partition coefficient (Wildman–Crippen LogP) is 6.71. The molecule has 4 nitrogen and oxygen atoms in total. The van der Waals surface area contributed by atoms with Gasteiger partial charge in [0.05, 0.1) is 13.2 Å². The Morgan fingerprint density at radius 2 is 1.56 bits per heavy atom. The smallest absolute Gasteiger partial charge is 0.165 e. The molecule has 0 aliphatic carbocycles. The van der Waals surface area contributed by atoms with E-state index in [9.17, 15) is 0 Å². The lowest BCUT2D eigenvalue weighted by molar-refractivity contribution is 0.267. The van der Waals surface area contributed by atoms with Crippen molar-refractivity contribution in [1.29, 1.82) is 0 Å². The molecule has 0 saturated carbocycles. The molecule has 0 spiro atoms. The van der Waals surface area contributed by atoms with E-state index in [1.165, 1.54) is 5.56 Å². The van der Waals surface area contributed by atoms with Crippen molar-refractivity contribution in [3.63, 3.8) is 0 Å². The maximum absolute atomic E-state index is 6.25. The molecular formula is C28H33NO3. The summed E-state index contributed by atoms with van der Waals surface area (Å²) in [5.74, 6) is 2.43. The van der Waals surface area contributed by atoms with Crippen LogP contribution in [0.4, 0.5) is 5.69 Å². The van der Waals surface area contributed by atoms with Gasteiger partial charge in [-0.25, -0.2) is 0 Å². The van der Waals surface area contributed by atoms with Gasteiger partial charge < -0.3 is 19.5 Å². The second-order valence-corrected chi connectivity index (χ2v) is 7.59. The van der Waals surface area contributed by atoms with Crippen molar-refractivity contribution in [2.45, 2.75) is 40.3 Å². The minimum atomic E-state index is 0.494. The monoisotopic (exact) mass is 431 g/mol. The standard InChI is InChI=1S/C28H33NO3/c1-5-8-24-17-23(19-29-25-13-15-26(16-14-25)30-6-2)18-27(31-7-3)28(24)32-20-22-11-9-21(4)10-12-22/h5,9-18,29H,1,6-8,19-20H2,2-4H3. The number of allylic oxidation sites excluding steroid dienone is 1. The topological polar surface area (TPSA) is 39.7 Å². The quantitative estimate of drug-likeness (QED) is 0.323. The summed E-state index contributed by atoms with van der Waals surface area (Å²) in [6.07, 6.45) is 2.60. The van der Waals surface area contributed by atoms with Crippen LogP contribution in [0, 0.1) is 6.92 Å². The molecular weight excluding hydrogens is 398 g/mol. The largest absolute Gasteiger partial charge is 0.494 e. The highest BCUT2D eigenvalue weighted by atomic mass is 16.5. The molecule has 0 aliphatic rings. The van der Waals surface area contributed by atoms with E-state index in [2.05, 4.69) is 55.2 Å². The first-order valence-electron chi connectivity index (χ1n) is 11.2. The van der Waals surface area contributed by atoms with Crippen LogP contribution < -0.4 is 19.5 Å². The molecule has 168 valence electrons. The van der Waals surface area contributed by atoms with E-state index in [0.717, 1.165) is 39.6 Å². The van der Waals surface area contributed by atoms with Gasteiger partial charge in [0.15, 0.2) is 11.5 Å². The second kappa shape index (κ2) is 11.8. The summed E-state index contributed by atoms with van der Waals surface area (Å²) >= 11 is 0. The molecule has 0 unspecified atom stereocenters. The van der Waals surface area contributed by atoms with Crippen LogP contribution in [0.1, 0.15) is 36.1 Å². The zero-order chi connectivity index (χ0) is 22.8. The average molecular weight is 432 g/mol. The fraction of sp³-hybridized carbons (Fsp3) is 0.286. The minimum Gasteiger partial charge on any atom is -0.494 e. The molecule has 0 aliphatic heterocycles. The van der Waals surface area contributed by atoms with Gasteiger partial charge in [0.2, 0.25) is 0 Å². The van der Waals surface area contributed by atoms with Crippen molar-refractivity contribution in [3.8, 4) is 17.2 Å². The van der Waals surface area contributed by atoms with Crippen LogP contribution in [0.3, 0.4) is 0 Å². The molecule has 0 atom stereocenters. The van der Waals surface area contributed by atoms with Crippen LogP contribution in [-0.4, -0.2) is 13.2 Å². The van der Waals surface area contributed by atoms with E-state index in [1.807, 2.05) is 44.2 Å². The molecule has 0 heterocycles. The number of hydrogen-bond donors (Lipinski definition) is 1. The van der Waals surface area contributed by atoms with Gasteiger partial charge in [-0.2, -0.15) is 0 Å². The zero-order valence-corrected chi connectivity index (χ0v) is 19.3. The Labute approximate surface area is 191 Å². The van der Waals surface area contributed by atoms with Crippen LogP contribution in [0.15, 0.2) is 73.3 Å². The van der Waals surface area contributed by atoms with E-state index >= 15 is 0 Å². The van der Waals surface area contributed by atoms with E-state index < -0.39 is 0 Å². The third-order valence-electron chi connectivity index (χ3n) is 5.02. The summed E-state index contributed by atoms with van der Waals surface area (Å²) in [6.45, 7) is 12.4. The van der Waals surface area contributed by atoms with Crippen molar-refractivity contribution in [3.05, 3.63) is 95.6 Å². The SMILES string of the molecule is C=CCc1cc(CNc2ccc(OCC)cc2)cc(OCC)c1OCc1ccc(C)cc1. The molecule has 0 amide bonds. The highest BCUT2D eigenvalue weighted by Crippen LogP contribution is 2.35. The van der Waals surface area contributed by atoms with E-state index in [4.69, 9.17) is 14.2 Å². The van der Waals surface area contributed by atoms with Gasteiger partial charge in [-0.15, -0.1) is 6.58 Å². The van der Waals surface area contributed by atoms with Crippen molar-refractivity contribution in [2.75, 3.05) is 18.5 Å². The first-order valence-corrected chi connectivity index (χ1v) is 11.2. The zero-order valence-electron chi connectivity index (χ0n) is 19.3. The van der Waals surface area contributed by atoms with Crippen LogP contribution in [0.2, 0.25) is 0 Å². The number of ether oxygens (including phenoxy) is 3. The Balaban J connectivity index is 1.77. The molecule has 0 fully saturated rings. The maximum Gasteiger partial charge on any atom is 0.165 e. The van der Waals surface area contributed by atoms with Crippen molar-refractivity contribution in [2.24, 2.45) is 0 Å². The lowest BCUT2D eigenvalue weighted by Crippen LogP contribution is -2.06. The minimum absolute atomic E-state index is 0.494. The predicted molar refractivity (Wildman–Crippen MR) is 132 cm³/mol. The fourth-order valence-corrected chi connectivity index (χ4v) is 3.44. The normalized spacial score (nSPS) is 10.5. The number of hydrogen-bond acceptors (Lipinski definition) is 4. The molecule has 4 heteroatoms. The molecule has 0 aromatic heterocycles. The Bertz CT molecular complexity index is 994. The third kappa shape index (κ3) is 6.55. The number of aryl methyl sites for hydroxylation is 1. The highest BCUT2D eigenvalue weighted by Gasteiger charge is 2.14. The average Bonchev–Trinajstić information content (AvgIpc) is 2.80. The molecule has 3 rings (SSSR count). The maximum atomic E-state index is 6.25. The molecule has 0 radical (unpaired) electrons. The first kappa shape index (κ1) is 23.3. The van der Waals surface area contributed by atoms with E-state index in [1.54, 1.807) is 0 Å². The molecule has 1 N–H and O–H groups in total. The molecule has 3 aromatic rings. The van der Waals surface area contributed by atoms with Crippen LogP contribution >= 0.6 is 0 Å². The van der Waals surface area contributed by atoms with Gasteiger partial charge in [0, 0.05) is 17.8 Å². The molecule has 3 aromatic carbocycles. The summed E-state index contributed by atoms with van der Waals surface area (Å²) in [6, 6.07) is 20.6. The van der Waals surface area contributed by atoms with Gasteiger partial charge >= 0.3 is 0 Å². The van der Waals surface area contributed by atoms with Gasteiger partial charge in [-0.05, 0) is 74.7 Å². The number of rotatable bonds is 12. The van der Waals surface area contributed by atoms with Crippen LogP contribution in [-0.2, 0) is 19.6 Å². The lowest BCUT2D eigenvalue weighted by Gasteiger charge is -2.18. The van der Waals surface area contributed by atoms with Crippen molar-refractivity contribution >= 4 is 5.69 Å². The van der Waals surface area contributed by atoms with Gasteiger partial charge in [0.1, 0.15) is 12.4 Å². The summed E-state index contributed by atoms with van der Waals surface area (Å²) in [5.41, 5.74) is 5.60. The first-order chi connectivity index (χ1) is 15.6. The van der Waals surface area contributed by atoms with E-state index in [0.29, 0.717) is 32.8 Å². The van der Waals surface area contributed by atoms with Gasteiger partial charge in [-0.3, -0.25) is 0 Å². The molecule has 32 heavy (non-hydrogen) atoms. The summed E-state index contributed by atoms with van der Waals surface area (Å²) in [4.78, 5) is 0. The number of anilines is 1. The Morgan fingerprint density at radius 3 is 2.22 bits per heavy atom. The van der Waals surface area contributed by atoms with Crippen molar-refractivity contribution < 1.29 is 14.2 Å². The fourth-order valence-electron chi connectivity index (χ4n) is 3.44. The summed E-state index contributed by atoms with van der Waals surface area (Å²) in [7, 11) is 0. The Hall–Kier alpha value is -3.40. The Morgan fingerprint density at radius 1 is 0.844 bits per heavy atom. The highest BCUT2D eigenvalue weighted by molar-refractivity contribution is 5.52. The summed E-state index contributed by atoms with van der Waals surface area (Å²) in [5, 5.41) is 3.47. The van der Waals surface area contributed by atoms with Gasteiger partial charge in [0.25, 0.3) is 0 Å². The lowest BCUT2D eigenvalue weighted by atomic mass is 10.0. The third-order valence-corrected chi connectivity index (χ3v) is 5.02. The van der Waals surface area contributed by atoms with Crippen molar-refractivity contribution in [1.82, 2.24) is 0 Å². The summed E-state index contributed by atoms with van der Waals surface area (Å²) < 4.78 is 17.7.